The molecule has 100 valence electrons. The maximum Gasteiger partial charge on any atom is 0.244 e. The maximum atomic E-state index is 5.59. The van der Waals surface area contributed by atoms with Gasteiger partial charge in [0.15, 0.2) is 0 Å². The topological polar surface area (TPSA) is 60.2 Å². The molecule has 19 heavy (non-hydrogen) atoms. The quantitative estimate of drug-likeness (QED) is 0.914. The van der Waals surface area contributed by atoms with Gasteiger partial charge in [-0.25, -0.2) is 0 Å². The first kappa shape index (κ1) is 12.2. The maximum absolute atomic E-state index is 5.59. The zero-order valence-electron chi connectivity index (χ0n) is 10.9. The van der Waals surface area contributed by atoms with Gasteiger partial charge in [0.2, 0.25) is 11.7 Å². The van der Waals surface area contributed by atoms with Crippen molar-refractivity contribution in [1.29, 1.82) is 0 Å². The number of nitrogens with zero attached hydrogens (tertiary/aromatic N) is 2. The number of rotatable bonds is 4. The molecule has 1 aromatic heterocycles. The van der Waals surface area contributed by atoms with E-state index in [1.54, 1.807) is 0 Å². The largest absolute Gasteiger partial charge is 0.493 e. The Hall–Kier alpha value is -1.88. The van der Waals surface area contributed by atoms with E-state index in [0.717, 1.165) is 30.7 Å². The summed E-state index contributed by atoms with van der Waals surface area (Å²) >= 11 is 0. The number of aromatic nitrogens is 2. The van der Waals surface area contributed by atoms with Gasteiger partial charge in [-0.3, -0.25) is 0 Å². The van der Waals surface area contributed by atoms with Crippen molar-refractivity contribution >= 4 is 0 Å². The molecule has 0 unspecified atom stereocenters. The minimum absolute atomic E-state index is 0.195. The van der Waals surface area contributed by atoms with Gasteiger partial charge in [-0.2, -0.15) is 4.98 Å². The SMILES string of the molecule is CCOc1ccccc1-c1noc([C@H]2CCCN2)n1. The molecular formula is C14H17N3O2. The summed E-state index contributed by atoms with van der Waals surface area (Å²) in [4.78, 5) is 4.49. The van der Waals surface area contributed by atoms with Crippen LogP contribution in [0.3, 0.4) is 0 Å². The Labute approximate surface area is 112 Å². The number of para-hydroxylation sites is 1. The Kier molecular flexibility index (Phi) is 3.46. The highest BCUT2D eigenvalue weighted by molar-refractivity contribution is 5.63. The molecule has 5 nitrogen and oxygen atoms in total. The third kappa shape index (κ3) is 2.46. The van der Waals surface area contributed by atoms with E-state index in [0.29, 0.717) is 18.3 Å². The first-order chi connectivity index (χ1) is 9.38. The molecule has 0 aliphatic carbocycles. The van der Waals surface area contributed by atoms with Crippen LogP contribution in [0.25, 0.3) is 11.4 Å². The van der Waals surface area contributed by atoms with E-state index in [1.165, 1.54) is 0 Å². The van der Waals surface area contributed by atoms with E-state index in [9.17, 15) is 0 Å². The van der Waals surface area contributed by atoms with Crippen LogP contribution in [0, 0.1) is 0 Å². The summed E-state index contributed by atoms with van der Waals surface area (Å²) in [6.07, 6.45) is 2.20. The summed E-state index contributed by atoms with van der Waals surface area (Å²) < 4.78 is 10.9. The molecule has 0 amide bonds. The summed E-state index contributed by atoms with van der Waals surface area (Å²) in [6.45, 7) is 3.59. The molecule has 0 saturated carbocycles. The Morgan fingerprint density at radius 3 is 3.11 bits per heavy atom. The van der Waals surface area contributed by atoms with E-state index < -0.39 is 0 Å². The minimum atomic E-state index is 0.195. The van der Waals surface area contributed by atoms with Crippen LogP contribution in [0.5, 0.6) is 5.75 Å². The standard InChI is InChI=1S/C14H17N3O2/c1-2-18-12-8-4-3-6-10(12)13-16-14(19-17-13)11-7-5-9-15-11/h3-4,6,8,11,15H,2,5,7,9H2,1H3/t11-/m1/s1. The van der Waals surface area contributed by atoms with Gasteiger partial charge in [-0.1, -0.05) is 17.3 Å². The third-order valence-corrected chi connectivity index (χ3v) is 3.23. The number of nitrogens with one attached hydrogen (secondary N) is 1. The highest BCUT2D eigenvalue weighted by atomic mass is 16.5. The Morgan fingerprint density at radius 1 is 1.42 bits per heavy atom. The average Bonchev–Trinajstić information content (AvgIpc) is 3.11. The number of hydrogen-bond acceptors (Lipinski definition) is 5. The highest BCUT2D eigenvalue weighted by Gasteiger charge is 2.23. The van der Waals surface area contributed by atoms with Gasteiger partial charge >= 0.3 is 0 Å². The summed E-state index contributed by atoms with van der Waals surface area (Å²) in [5.41, 5.74) is 0.873. The van der Waals surface area contributed by atoms with Gasteiger partial charge in [0.1, 0.15) is 5.75 Å². The second-order valence-electron chi connectivity index (χ2n) is 4.53. The molecular weight excluding hydrogens is 242 g/mol. The molecule has 2 heterocycles. The zero-order valence-corrected chi connectivity index (χ0v) is 10.9. The van der Waals surface area contributed by atoms with Gasteiger partial charge in [0.25, 0.3) is 0 Å². The van der Waals surface area contributed by atoms with Crippen LogP contribution in [0.15, 0.2) is 28.8 Å². The summed E-state index contributed by atoms with van der Waals surface area (Å²) in [5.74, 6) is 2.04. The summed E-state index contributed by atoms with van der Waals surface area (Å²) in [5, 5.41) is 7.42. The fourth-order valence-electron chi connectivity index (χ4n) is 2.31. The molecule has 1 atom stereocenters. The van der Waals surface area contributed by atoms with Crippen molar-refractivity contribution < 1.29 is 9.26 Å². The van der Waals surface area contributed by atoms with Crippen molar-refractivity contribution in [2.75, 3.05) is 13.2 Å². The van der Waals surface area contributed by atoms with Gasteiger partial charge in [0.05, 0.1) is 18.2 Å². The van der Waals surface area contributed by atoms with Crippen LogP contribution >= 0.6 is 0 Å². The Morgan fingerprint density at radius 2 is 2.32 bits per heavy atom. The van der Waals surface area contributed by atoms with Crippen molar-refractivity contribution in [3.05, 3.63) is 30.2 Å². The molecule has 0 spiro atoms. The predicted octanol–water partition coefficient (Wildman–Crippen LogP) is 2.56. The molecule has 2 aromatic rings. The third-order valence-electron chi connectivity index (χ3n) is 3.23. The number of ether oxygens (including phenoxy) is 1. The highest BCUT2D eigenvalue weighted by Crippen LogP contribution is 2.29. The van der Waals surface area contributed by atoms with Crippen molar-refractivity contribution in [2.24, 2.45) is 0 Å². The summed E-state index contributed by atoms with van der Waals surface area (Å²) in [7, 11) is 0. The smallest absolute Gasteiger partial charge is 0.244 e. The second-order valence-corrected chi connectivity index (χ2v) is 4.53. The van der Waals surface area contributed by atoms with Crippen molar-refractivity contribution in [3.8, 4) is 17.1 Å². The zero-order chi connectivity index (χ0) is 13.1. The molecule has 0 radical (unpaired) electrons. The fraction of sp³-hybridized carbons (Fsp3) is 0.429. The van der Waals surface area contributed by atoms with Crippen molar-refractivity contribution in [1.82, 2.24) is 15.5 Å². The number of hydrogen-bond donors (Lipinski definition) is 1. The fourth-order valence-corrected chi connectivity index (χ4v) is 2.31. The molecule has 1 aliphatic rings. The van der Waals surface area contributed by atoms with E-state index in [1.807, 2.05) is 31.2 Å². The van der Waals surface area contributed by atoms with Crippen molar-refractivity contribution in [3.63, 3.8) is 0 Å². The molecule has 5 heteroatoms. The molecule has 1 fully saturated rings. The average molecular weight is 259 g/mol. The second kappa shape index (κ2) is 5.40. The van der Waals surface area contributed by atoms with Crippen LogP contribution in [0.4, 0.5) is 0 Å². The normalized spacial score (nSPS) is 18.7. The lowest BCUT2D eigenvalue weighted by Crippen LogP contribution is -2.12. The minimum Gasteiger partial charge on any atom is -0.493 e. The Balaban J connectivity index is 1.89. The van der Waals surface area contributed by atoms with Gasteiger partial charge in [-0.05, 0) is 38.4 Å². The number of benzene rings is 1. The summed E-state index contributed by atoms with van der Waals surface area (Å²) in [6, 6.07) is 7.95. The van der Waals surface area contributed by atoms with Crippen LogP contribution < -0.4 is 10.1 Å². The molecule has 0 bridgehead atoms. The van der Waals surface area contributed by atoms with E-state index >= 15 is 0 Å². The first-order valence-corrected chi connectivity index (χ1v) is 6.67. The molecule has 1 saturated heterocycles. The molecule has 1 aromatic carbocycles. The lowest BCUT2D eigenvalue weighted by molar-refractivity contribution is 0.338. The van der Waals surface area contributed by atoms with Gasteiger partial charge in [-0.15, -0.1) is 0 Å². The lowest BCUT2D eigenvalue weighted by atomic mass is 10.2. The van der Waals surface area contributed by atoms with E-state index in [4.69, 9.17) is 9.26 Å². The van der Waals surface area contributed by atoms with E-state index in [2.05, 4.69) is 15.5 Å². The van der Waals surface area contributed by atoms with E-state index in [-0.39, 0.29) is 6.04 Å². The molecule has 1 N–H and O–H groups in total. The van der Waals surface area contributed by atoms with Crippen LogP contribution in [0.1, 0.15) is 31.7 Å². The first-order valence-electron chi connectivity index (χ1n) is 6.67. The monoisotopic (exact) mass is 259 g/mol. The van der Waals surface area contributed by atoms with Crippen LogP contribution in [-0.4, -0.2) is 23.3 Å². The van der Waals surface area contributed by atoms with Gasteiger partial charge < -0.3 is 14.6 Å². The molecule has 1 aliphatic heterocycles. The Bertz CT molecular complexity index is 547. The van der Waals surface area contributed by atoms with Crippen LogP contribution in [-0.2, 0) is 0 Å². The lowest BCUT2D eigenvalue weighted by Gasteiger charge is -2.06. The van der Waals surface area contributed by atoms with Crippen molar-refractivity contribution in [2.45, 2.75) is 25.8 Å². The van der Waals surface area contributed by atoms with Crippen LogP contribution in [0.2, 0.25) is 0 Å². The predicted molar refractivity (Wildman–Crippen MR) is 70.9 cm³/mol. The molecule has 3 rings (SSSR count). The van der Waals surface area contributed by atoms with Gasteiger partial charge in [0, 0.05) is 0 Å².